The van der Waals surface area contributed by atoms with Gasteiger partial charge in [-0.15, -0.1) is 0 Å². The monoisotopic (exact) mass is 301 g/mol. The predicted octanol–water partition coefficient (Wildman–Crippen LogP) is 1.53. The van der Waals surface area contributed by atoms with Crippen molar-refractivity contribution in [1.29, 1.82) is 0 Å². The van der Waals surface area contributed by atoms with Gasteiger partial charge in [-0.3, -0.25) is 4.79 Å². The second kappa shape index (κ2) is 7.64. The fraction of sp³-hybridized carbons (Fsp3) is 0.412. The molecule has 0 aliphatic heterocycles. The highest BCUT2D eigenvalue weighted by molar-refractivity contribution is 5.85. The highest BCUT2D eigenvalue weighted by atomic mass is 16.4. The maximum absolute atomic E-state index is 11.9. The summed E-state index contributed by atoms with van der Waals surface area (Å²) >= 11 is 0. The Bertz CT molecular complexity index is 648. The summed E-state index contributed by atoms with van der Waals surface area (Å²) in [5.74, 6) is -1.47. The zero-order valence-corrected chi connectivity index (χ0v) is 12.7. The molecule has 22 heavy (non-hydrogen) atoms. The Kier molecular flexibility index (Phi) is 5.58. The number of rotatable bonds is 8. The number of hydrogen-bond donors (Lipinski definition) is 2. The Balaban J connectivity index is 1.90. The third-order valence-corrected chi connectivity index (χ3v) is 3.76. The van der Waals surface area contributed by atoms with Crippen LogP contribution in [-0.2, 0) is 16.0 Å². The van der Waals surface area contributed by atoms with Crippen LogP contribution in [0.5, 0.6) is 0 Å². The number of unbranched alkanes of at least 4 members (excludes halogenated alkanes) is 1. The van der Waals surface area contributed by atoms with Crippen LogP contribution in [-0.4, -0.2) is 22.9 Å². The molecule has 2 rings (SSSR count). The van der Waals surface area contributed by atoms with Crippen molar-refractivity contribution >= 4 is 22.8 Å². The zero-order valence-electron chi connectivity index (χ0n) is 12.7. The fourth-order valence-electron chi connectivity index (χ4n) is 2.51. The molecule has 0 aliphatic rings. The third kappa shape index (κ3) is 4.10. The lowest BCUT2D eigenvalue weighted by Gasteiger charge is -2.19. The lowest BCUT2D eigenvalue weighted by atomic mass is 10.1. The van der Waals surface area contributed by atoms with Crippen LogP contribution < -0.4 is 10.4 Å². The Labute approximate surface area is 129 Å². The molecule has 0 aliphatic carbocycles. The van der Waals surface area contributed by atoms with Gasteiger partial charge in [0.1, 0.15) is 0 Å². The average Bonchev–Trinajstić information content (AvgIpc) is 2.92. The maximum atomic E-state index is 11.9. The van der Waals surface area contributed by atoms with Crippen LogP contribution in [0.25, 0.3) is 10.9 Å². The molecule has 0 bridgehead atoms. The molecule has 118 valence electrons. The molecule has 0 saturated heterocycles. The number of nitrogens with one attached hydrogen (secondary N) is 2. The number of aliphatic carboxylic acids is 1. The number of H-pyrrole nitrogens is 1. The van der Waals surface area contributed by atoms with Gasteiger partial charge in [0.2, 0.25) is 5.91 Å². The molecule has 2 aromatic rings. The molecule has 1 amide bonds. The second-order valence-electron chi connectivity index (χ2n) is 5.44. The maximum Gasteiger partial charge on any atom is 0.220 e. The number of carbonyl (C=O) groups excluding carboxylic acids is 2. The number of aromatic nitrogens is 1. The van der Waals surface area contributed by atoms with Crippen LogP contribution in [0.15, 0.2) is 30.5 Å². The van der Waals surface area contributed by atoms with Crippen molar-refractivity contribution in [2.24, 2.45) is 0 Å². The van der Waals surface area contributed by atoms with Gasteiger partial charge in [0.15, 0.2) is 0 Å². The SMILES string of the molecule is CCCC[C@@H](NC(=O)CCc1c[nH]c2ccccc12)C(=O)[O-]. The first kappa shape index (κ1) is 16.1. The molecule has 0 unspecified atom stereocenters. The summed E-state index contributed by atoms with van der Waals surface area (Å²) in [6, 6.07) is 7.00. The van der Waals surface area contributed by atoms with E-state index in [-0.39, 0.29) is 12.3 Å². The van der Waals surface area contributed by atoms with Gasteiger partial charge in [0, 0.05) is 23.5 Å². The van der Waals surface area contributed by atoms with E-state index < -0.39 is 12.0 Å². The normalized spacial score (nSPS) is 12.2. The largest absolute Gasteiger partial charge is 0.548 e. The van der Waals surface area contributed by atoms with Crippen LogP contribution >= 0.6 is 0 Å². The zero-order chi connectivity index (χ0) is 15.9. The molecular weight excluding hydrogens is 280 g/mol. The van der Waals surface area contributed by atoms with Crippen molar-refractivity contribution in [2.75, 3.05) is 0 Å². The second-order valence-corrected chi connectivity index (χ2v) is 5.44. The number of aromatic amines is 1. The number of hydrogen-bond acceptors (Lipinski definition) is 3. The molecule has 5 heteroatoms. The summed E-state index contributed by atoms with van der Waals surface area (Å²) in [6.07, 6.45) is 4.78. The number of aryl methyl sites for hydroxylation is 1. The Morgan fingerprint density at radius 2 is 2.09 bits per heavy atom. The standard InChI is InChI=1S/C17H22N2O3/c1-2-3-7-15(17(21)22)19-16(20)10-9-12-11-18-14-8-5-4-6-13(12)14/h4-6,8,11,15,18H,2-3,7,9-10H2,1H3,(H,19,20)(H,21,22)/p-1/t15-/m1/s1. The number of carboxylic acids is 1. The molecule has 0 fully saturated rings. The molecule has 2 N–H and O–H groups in total. The molecule has 5 nitrogen and oxygen atoms in total. The summed E-state index contributed by atoms with van der Waals surface area (Å²) in [6.45, 7) is 1.98. The summed E-state index contributed by atoms with van der Waals surface area (Å²) < 4.78 is 0. The van der Waals surface area contributed by atoms with E-state index in [1.165, 1.54) is 0 Å². The molecular formula is C17H21N2O3-. The van der Waals surface area contributed by atoms with Crippen LogP contribution in [0.1, 0.15) is 38.2 Å². The van der Waals surface area contributed by atoms with E-state index in [0.29, 0.717) is 12.8 Å². The molecule has 1 aromatic heterocycles. The van der Waals surface area contributed by atoms with Crippen LogP contribution in [0, 0.1) is 0 Å². The summed E-state index contributed by atoms with van der Waals surface area (Å²) in [7, 11) is 0. The van der Waals surface area contributed by atoms with Crippen molar-refractivity contribution in [2.45, 2.75) is 45.1 Å². The van der Waals surface area contributed by atoms with E-state index in [0.717, 1.165) is 29.3 Å². The molecule has 0 spiro atoms. The summed E-state index contributed by atoms with van der Waals surface area (Å²) in [4.78, 5) is 26.1. The van der Waals surface area contributed by atoms with E-state index in [9.17, 15) is 14.7 Å². The van der Waals surface area contributed by atoms with Crippen LogP contribution in [0.4, 0.5) is 0 Å². The topological polar surface area (TPSA) is 85.0 Å². The van der Waals surface area contributed by atoms with Gasteiger partial charge in [0.25, 0.3) is 0 Å². The highest BCUT2D eigenvalue weighted by Crippen LogP contribution is 2.18. The first-order valence-electron chi connectivity index (χ1n) is 7.67. The Hall–Kier alpha value is -2.30. The van der Waals surface area contributed by atoms with Crippen molar-refractivity contribution in [3.05, 3.63) is 36.0 Å². The predicted molar refractivity (Wildman–Crippen MR) is 83.1 cm³/mol. The number of para-hydroxylation sites is 1. The molecule has 1 heterocycles. The van der Waals surface area contributed by atoms with E-state index in [1.807, 2.05) is 37.4 Å². The lowest BCUT2D eigenvalue weighted by molar-refractivity contribution is -0.308. The number of amides is 1. The van der Waals surface area contributed by atoms with Crippen molar-refractivity contribution < 1.29 is 14.7 Å². The summed E-state index contributed by atoms with van der Waals surface area (Å²) in [5, 5.41) is 14.7. The van der Waals surface area contributed by atoms with Crippen LogP contribution in [0.2, 0.25) is 0 Å². The average molecular weight is 301 g/mol. The van der Waals surface area contributed by atoms with Gasteiger partial charge < -0.3 is 20.2 Å². The van der Waals surface area contributed by atoms with E-state index in [2.05, 4.69) is 10.3 Å². The molecule has 0 saturated carbocycles. The first-order chi connectivity index (χ1) is 10.6. The number of carbonyl (C=O) groups is 2. The van der Waals surface area contributed by atoms with E-state index in [4.69, 9.17) is 0 Å². The Morgan fingerprint density at radius 3 is 2.82 bits per heavy atom. The van der Waals surface area contributed by atoms with E-state index in [1.54, 1.807) is 0 Å². The number of fused-ring (bicyclic) bond motifs is 1. The molecule has 1 aromatic carbocycles. The van der Waals surface area contributed by atoms with Gasteiger partial charge in [-0.2, -0.15) is 0 Å². The van der Waals surface area contributed by atoms with Gasteiger partial charge in [0.05, 0.1) is 12.0 Å². The minimum Gasteiger partial charge on any atom is -0.548 e. The van der Waals surface area contributed by atoms with E-state index >= 15 is 0 Å². The third-order valence-electron chi connectivity index (χ3n) is 3.76. The van der Waals surface area contributed by atoms with Crippen LogP contribution in [0.3, 0.4) is 0 Å². The highest BCUT2D eigenvalue weighted by Gasteiger charge is 2.13. The van der Waals surface area contributed by atoms with Gasteiger partial charge in [-0.25, -0.2) is 0 Å². The summed E-state index contributed by atoms with van der Waals surface area (Å²) in [5.41, 5.74) is 2.10. The van der Waals surface area contributed by atoms with Gasteiger partial charge in [-0.1, -0.05) is 38.0 Å². The number of benzene rings is 1. The van der Waals surface area contributed by atoms with Crippen molar-refractivity contribution in [3.63, 3.8) is 0 Å². The number of carboxylic acid groups (broad SMARTS) is 1. The molecule has 1 atom stereocenters. The fourth-order valence-corrected chi connectivity index (χ4v) is 2.51. The lowest BCUT2D eigenvalue weighted by Crippen LogP contribution is -2.47. The molecule has 0 radical (unpaired) electrons. The van der Waals surface area contributed by atoms with Crippen molar-refractivity contribution in [1.82, 2.24) is 10.3 Å². The van der Waals surface area contributed by atoms with Crippen molar-refractivity contribution in [3.8, 4) is 0 Å². The smallest absolute Gasteiger partial charge is 0.220 e. The quantitative estimate of drug-likeness (QED) is 0.775. The first-order valence-corrected chi connectivity index (χ1v) is 7.67. The Morgan fingerprint density at radius 1 is 1.32 bits per heavy atom. The van der Waals surface area contributed by atoms with Gasteiger partial charge in [-0.05, 0) is 24.5 Å². The van der Waals surface area contributed by atoms with Gasteiger partial charge >= 0.3 is 0 Å². The minimum absolute atomic E-state index is 0.254. The minimum atomic E-state index is -1.21.